The number of fused-ring (bicyclic) bond motifs is 2. The number of aliphatic imine (C=N–C) groups is 1. The van der Waals surface area contributed by atoms with Crippen molar-refractivity contribution in [2.75, 3.05) is 7.11 Å². The third-order valence-electron chi connectivity index (χ3n) is 5.60. The number of aromatic nitrogens is 1. The number of amidine groups is 1. The number of pyridine rings is 1. The van der Waals surface area contributed by atoms with Gasteiger partial charge >= 0.3 is 29.6 Å². The van der Waals surface area contributed by atoms with Gasteiger partial charge < -0.3 is 19.3 Å². The average molecular weight is 447 g/mol. The van der Waals surface area contributed by atoms with E-state index in [2.05, 4.69) is 10.1 Å². The van der Waals surface area contributed by atoms with Crippen LogP contribution in [0.2, 0.25) is 0 Å². The van der Waals surface area contributed by atoms with Crippen LogP contribution in [0, 0.1) is 11.7 Å². The first kappa shape index (κ1) is 22.4. The maximum absolute atomic E-state index is 14.0. The van der Waals surface area contributed by atoms with Gasteiger partial charge in [-0.15, -0.1) is 0 Å². The molecule has 9 heteroatoms. The molecule has 5 rings (SSSR count). The SMILES string of the molecule is COP1NC(c2c([O-])c3cc(F)ccc3n(CCC3CC3)c2=O)=Nc2ccccc21.[Na+]. The Hall–Kier alpha value is -1.76. The van der Waals surface area contributed by atoms with Crippen molar-refractivity contribution in [3.8, 4) is 5.75 Å². The quantitative estimate of drug-likeness (QED) is 0.451. The first-order valence-corrected chi connectivity index (χ1v) is 11.1. The van der Waals surface area contributed by atoms with E-state index in [1.165, 1.54) is 18.2 Å². The summed E-state index contributed by atoms with van der Waals surface area (Å²) in [6.07, 6.45) is 3.19. The molecule has 0 saturated heterocycles. The molecule has 1 aromatic heterocycles. The van der Waals surface area contributed by atoms with E-state index < -0.39 is 25.4 Å². The van der Waals surface area contributed by atoms with E-state index in [1.54, 1.807) is 11.7 Å². The number of hydrogen-bond acceptors (Lipinski definition) is 5. The molecule has 2 aromatic carbocycles. The number of hydrogen-bond donors (Lipinski definition) is 1. The van der Waals surface area contributed by atoms with Crippen molar-refractivity contribution in [3.05, 3.63) is 64.2 Å². The number of benzene rings is 2. The molecule has 0 spiro atoms. The second-order valence-electron chi connectivity index (χ2n) is 7.59. The van der Waals surface area contributed by atoms with E-state index >= 15 is 0 Å². The summed E-state index contributed by atoms with van der Waals surface area (Å²) in [6.45, 7) is 0.488. The summed E-state index contributed by atoms with van der Waals surface area (Å²) in [5.41, 5.74) is 0.642. The molecule has 0 bridgehead atoms. The fourth-order valence-electron chi connectivity index (χ4n) is 3.84. The zero-order valence-electron chi connectivity index (χ0n) is 17.4. The zero-order chi connectivity index (χ0) is 20.8. The van der Waals surface area contributed by atoms with Gasteiger partial charge in [-0.2, -0.15) is 0 Å². The fraction of sp³-hybridized carbons (Fsp3) is 0.273. The Morgan fingerprint density at radius 1 is 1.29 bits per heavy atom. The van der Waals surface area contributed by atoms with Crippen LogP contribution < -0.4 is 50.6 Å². The summed E-state index contributed by atoms with van der Waals surface area (Å²) < 4.78 is 21.1. The maximum Gasteiger partial charge on any atom is 1.00 e. The maximum atomic E-state index is 14.0. The van der Waals surface area contributed by atoms with Crippen molar-refractivity contribution in [2.45, 2.75) is 25.8 Å². The van der Waals surface area contributed by atoms with Gasteiger partial charge in [-0.1, -0.05) is 30.7 Å². The van der Waals surface area contributed by atoms with Crippen molar-refractivity contribution in [1.82, 2.24) is 9.65 Å². The largest absolute Gasteiger partial charge is 1.00 e. The van der Waals surface area contributed by atoms with Crippen molar-refractivity contribution in [3.63, 3.8) is 0 Å². The second-order valence-corrected chi connectivity index (χ2v) is 9.25. The summed E-state index contributed by atoms with van der Waals surface area (Å²) >= 11 is 0. The molecule has 0 radical (unpaired) electrons. The third kappa shape index (κ3) is 4.18. The summed E-state index contributed by atoms with van der Waals surface area (Å²) in [5.74, 6) is -0.237. The molecular formula is C22H20FN3NaO3P. The van der Waals surface area contributed by atoms with Crippen LogP contribution in [0.25, 0.3) is 10.9 Å². The van der Waals surface area contributed by atoms with Gasteiger partial charge in [0.15, 0.2) is 8.30 Å². The molecule has 0 amide bonds. The van der Waals surface area contributed by atoms with Crippen molar-refractivity contribution >= 4 is 36.0 Å². The van der Waals surface area contributed by atoms with Gasteiger partial charge in [0, 0.05) is 19.0 Å². The standard InChI is InChI=1S/C22H21FN3O3P.Na/c1-29-30-18-5-3-2-4-16(18)24-21(25-30)19-20(27)15-12-14(23)8-9-17(15)26(22(19)28)11-10-13-6-7-13;/h2-5,8-9,12-13,27H,6-7,10-11H2,1H3,(H,24,25);/q;+1/p-1. The Labute approximate surface area is 202 Å². The molecule has 31 heavy (non-hydrogen) atoms. The number of aryl methyl sites for hydroxylation is 1. The predicted molar refractivity (Wildman–Crippen MR) is 114 cm³/mol. The smallest absolute Gasteiger partial charge is 0.871 e. The number of halogens is 1. The topological polar surface area (TPSA) is 78.7 Å². The first-order chi connectivity index (χ1) is 14.6. The monoisotopic (exact) mass is 447 g/mol. The molecule has 1 atom stereocenters. The summed E-state index contributed by atoms with van der Waals surface area (Å²) in [7, 11) is 0.287. The Bertz CT molecular complexity index is 1240. The van der Waals surface area contributed by atoms with Gasteiger partial charge in [0.25, 0.3) is 5.56 Å². The molecule has 3 aromatic rings. The van der Waals surface area contributed by atoms with Gasteiger partial charge in [0.1, 0.15) is 11.7 Å². The van der Waals surface area contributed by atoms with Crippen LogP contribution in [0.5, 0.6) is 5.75 Å². The van der Waals surface area contributed by atoms with Crippen LogP contribution >= 0.6 is 8.30 Å². The predicted octanol–water partition coefficient (Wildman–Crippen LogP) is 0.283. The summed E-state index contributed by atoms with van der Waals surface area (Å²) in [5, 5.41) is 17.5. The van der Waals surface area contributed by atoms with E-state index in [-0.39, 0.29) is 46.3 Å². The molecule has 1 fully saturated rings. The molecular weight excluding hydrogens is 427 g/mol. The first-order valence-electron chi connectivity index (χ1n) is 9.89. The number of nitrogens with one attached hydrogen (secondary N) is 1. The van der Waals surface area contributed by atoms with Crippen LogP contribution in [0.4, 0.5) is 10.1 Å². The summed E-state index contributed by atoms with van der Waals surface area (Å²) in [4.78, 5) is 18.0. The van der Waals surface area contributed by atoms with Gasteiger partial charge in [0.2, 0.25) is 0 Å². The van der Waals surface area contributed by atoms with Gasteiger partial charge in [-0.25, -0.2) is 9.38 Å². The Kier molecular flexibility index (Phi) is 6.52. The minimum absolute atomic E-state index is 0. The van der Waals surface area contributed by atoms with E-state index in [1.807, 2.05) is 24.3 Å². The molecule has 1 N–H and O–H groups in total. The number of rotatable bonds is 5. The van der Waals surface area contributed by atoms with Crippen LogP contribution in [-0.4, -0.2) is 17.5 Å². The van der Waals surface area contributed by atoms with Crippen molar-refractivity contribution in [2.24, 2.45) is 10.9 Å². The molecule has 6 nitrogen and oxygen atoms in total. The molecule has 154 valence electrons. The van der Waals surface area contributed by atoms with Crippen LogP contribution in [0.15, 0.2) is 52.3 Å². The number of para-hydroxylation sites is 1. The second kappa shape index (κ2) is 9.00. The van der Waals surface area contributed by atoms with Gasteiger partial charge in [-0.05, 0) is 48.1 Å². The van der Waals surface area contributed by atoms with E-state index in [0.29, 0.717) is 23.7 Å². The minimum Gasteiger partial charge on any atom is -0.871 e. The minimum atomic E-state index is -1.28. The van der Waals surface area contributed by atoms with Crippen LogP contribution in [0.1, 0.15) is 24.8 Å². The molecule has 1 saturated carbocycles. The van der Waals surface area contributed by atoms with E-state index in [4.69, 9.17) is 4.52 Å². The molecule has 1 aliphatic carbocycles. The Morgan fingerprint density at radius 3 is 2.81 bits per heavy atom. The van der Waals surface area contributed by atoms with Crippen molar-refractivity contribution < 1.29 is 43.6 Å². The number of nitrogens with zero attached hydrogens (tertiary/aromatic N) is 2. The molecule has 2 aliphatic rings. The fourth-order valence-corrected chi connectivity index (χ4v) is 5.16. The van der Waals surface area contributed by atoms with Gasteiger partial charge in [0.05, 0.1) is 16.8 Å². The molecule has 1 unspecified atom stereocenters. The van der Waals surface area contributed by atoms with E-state index in [9.17, 15) is 14.3 Å². The molecule has 1 aliphatic heterocycles. The Balaban J connectivity index is 0.00000231. The van der Waals surface area contributed by atoms with Crippen molar-refractivity contribution in [1.29, 1.82) is 0 Å². The third-order valence-corrected chi connectivity index (χ3v) is 7.19. The van der Waals surface area contributed by atoms with Crippen LogP contribution in [0.3, 0.4) is 0 Å². The zero-order valence-corrected chi connectivity index (χ0v) is 20.3. The van der Waals surface area contributed by atoms with Gasteiger partial charge in [-0.3, -0.25) is 4.79 Å². The van der Waals surface area contributed by atoms with Crippen LogP contribution in [-0.2, 0) is 11.1 Å². The normalized spacial score (nSPS) is 17.5. The average Bonchev–Trinajstić information content (AvgIpc) is 3.58. The molecule has 2 heterocycles. The van der Waals surface area contributed by atoms with E-state index in [0.717, 1.165) is 24.6 Å². The summed E-state index contributed by atoms with van der Waals surface area (Å²) in [6, 6.07) is 11.4. The Morgan fingerprint density at radius 2 is 2.06 bits per heavy atom.